The minimum atomic E-state index is 0.919. The number of nitrogen functional groups attached to an aromatic ring is 1. The van der Waals surface area contributed by atoms with E-state index in [1.165, 1.54) is 62.0 Å². The highest BCUT2D eigenvalue weighted by Crippen LogP contribution is 2.25. The molecule has 18 heavy (non-hydrogen) atoms. The van der Waals surface area contributed by atoms with Crippen molar-refractivity contribution in [2.24, 2.45) is 0 Å². The topological polar surface area (TPSA) is 26.0 Å². The maximum absolute atomic E-state index is 5.91. The van der Waals surface area contributed by atoms with Crippen LogP contribution < -0.4 is 5.73 Å². The lowest BCUT2D eigenvalue weighted by Gasteiger charge is -2.05. The number of unbranched alkanes of at least 4 members (excludes halogenated alkanes) is 7. The van der Waals surface area contributed by atoms with Gasteiger partial charge in [-0.05, 0) is 24.3 Å². The second-order valence-electron chi connectivity index (χ2n) is 4.86. The van der Waals surface area contributed by atoms with Crippen LogP contribution in [0.1, 0.15) is 58.3 Å². The van der Waals surface area contributed by atoms with Crippen molar-refractivity contribution in [2.75, 3.05) is 11.5 Å². The second-order valence-corrected chi connectivity index (χ2v) is 6.00. The Morgan fingerprint density at radius 2 is 1.50 bits per heavy atom. The predicted molar refractivity (Wildman–Crippen MR) is 84.2 cm³/mol. The number of hydrogen-bond donors (Lipinski definition) is 1. The number of anilines is 1. The molecule has 0 radical (unpaired) electrons. The normalized spacial score (nSPS) is 10.7. The number of para-hydroxylation sites is 1. The zero-order valence-corrected chi connectivity index (χ0v) is 12.5. The Bertz CT molecular complexity index is 312. The quantitative estimate of drug-likeness (QED) is 0.343. The molecule has 2 N–H and O–H groups in total. The smallest absolute Gasteiger partial charge is 0.0452 e. The largest absolute Gasteiger partial charge is 0.398 e. The number of hydrogen-bond acceptors (Lipinski definition) is 2. The highest BCUT2D eigenvalue weighted by Gasteiger charge is 1.98. The van der Waals surface area contributed by atoms with E-state index in [2.05, 4.69) is 19.1 Å². The molecule has 0 aliphatic rings. The lowest BCUT2D eigenvalue weighted by atomic mass is 10.1. The maximum Gasteiger partial charge on any atom is 0.0452 e. The molecule has 0 spiro atoms. The van der Waals surface area contributed by atoms with Crippen molar-refractivity contribution in [3.8, 4) is 0 Å². The van der Waals surface area contributed by atoms with Gasteiger partial charge < -0.3 is 5.73 Å². The molecule has 0 heterocycles. The number of nitrogens with two attached hydrogens (primary N) is 1. The third-order valence-corrected chi connectivity index (χ3v) is 4.35. The first-order chi connectivity index (χ1) is 8.84. The molecule has 0 fully saturated rings. The first-order valence-corrected chi connectivity index (χ1v) is 8.30. The van der Waals surface area contributed by atoms with E-state index in [0.29, 0.717) is 0 Å². The lowest BCUT2D eigenvalue weighted by Crippen LogP contribution is -1.89. The van der Waals surface area contributed by atoms with Gasteiger partial charge >= 0.3 is 0 Å². The summed E-state index contributed by atoms with van der Waals surface area (Å²) in [7, 11) is 0. The highest BCUT2D eigenvalue weighted by atomic mass is 32.2. The van der Waals surface area contributed by atoms with Gasteiger partial charge in [-0.1, -0.05) is 64.0 Å². The fraction of sp³-hybridized carbons (Fsp3) is 0.625. The zero-order chi connectivity index (χ0) is 13.1. The Balaban J connectivity index is 1.94. The van der Waals surface area contributed by atoms with Crippen LogP contribution in [0.4, 0.5) is 5.69 Å². The van der Waals surface area contributed by atoms with Crippen molar-refractivity contribution in [2.45, 2.75) is 63.2 Å². The molecule has 1 aromatic carbocycles. The Morgan fingerprint density at radius 3 is 2.17 bits per heavy atom. The molecule has 102 valence electrons. The van der Waals surface area contributed by atoms with Crippen molar-refractivity contribution >= 4 is 17.4 Å². The van der Waals surface area contributed by atoms with E-state index in [9.17, 15) is 0 Å². The van der Waals surface area contributed by atoms with Gasteiger partial charge in [0.1, 0.15) is 0 Å². The Kier molecular flexibility index (Phi) is 8.83. The molecule has 0 amide bonds. The summed E-state index contributed by atoms with van der Waals surface area (Å²) < 4.78 is 0. The van der Waals surface area contributed by atoms with E-state index >= 15 is 0 Å². The molecule has 0 aliphatic carbocycles. The first kappa shape index (κ1) is 15.4. The van der Waals surface area contributed by atoms with Crippen LogP contribution in [0.3, 0.4) is 0 Å². The van der Waals surface area contributed by atoms with Gasteiger partial charge in [-0.25, -0.2) is 0 Å². The van der Waals surface area contributed by atoms with Gasteiger partial charge in [0.15, 0.2) is 0 Å². The minimum absolute atomic E-state index is 0.919. The van der Waals surface area contributed by atoms with Crippen molar-refractivity contribution in [3.05, 3.63) is 24.3 Å². The molecule has 1 nitrogen and oxygen atoms in total. The summed E-state index contributed by atoms with van der Waals surface area (Å²) in [5.41, 5.74) is 6.83. The molecule has 0 aliphatic heterocycles. The van der Waals surface area contributed by atoms with Gasteiger partial charge in [-0.2, -0.15) is 0 Å². The summed E-state index contributed by atoms with van der Waals surface area (Å²) in [6.45, 7) is 2.27. The fourth-order valence-corrected chi connectivity index (χ4v) is 3.01. The van der Waals surface area contributed by atoms with Gasteiger partial charge in [0.25, 0.3) is 0 Å². The number of thioether (sulfide) groups is 1. The van der Waals surface area contributed by atoms with Crippen LogP contribution in [0.5, 0.6) is 0 Å². The van der Waals surface area contributed by atoms with Crippen LogP contribution in [0.25, 0.3) is 0 Å². The van der Waals surface area contributed by atoms with Crippen LogP contribution in [-0.2, 0) is 0 Å². The fourth-order valence-electron chi connectivity index (χ4n) is 2.03. The molecule has 0 atom stereocenters. The summed E-state index contributed by atoms with van der Waals surface area (Å²) in [4.78, 5) is 1.24. The molecule has 0 saturated heterocycles. The molecule has 0 saturated carbocycles. The van der Waals surface area contributed by atoms with Gasteiger partial charge in [0.05, 0.1) is 0 Å². The summed E-state index contributed by atoms with van der Waals surface area (Å²) in [6.07, 6.45) is 11.1. The number of benzene rings is 1. The maximum atomic E-state index is 5.91. The van der Waals surface area contributed by atoms with E-state index in [1.54, 1.807) is 0 Å². The van der Waals surface area contributed by atoms with Crippen LogP contribution in [0, 0.1) is 0 Å². The molecule has 1 aromatic rings. The molecular formula is C16H27NS. The first-order valence-electron chi connectivity index (χ1n) is 7.32. The average Bonchev–Trinajstić information content (AvgIpc) is 2.39. The van der Waals surface area contributed by atoms with Gasteiger partial charge in [-0.15, -0.1) is 11.8 Å². The average molecular weight is 265 g/mol. The van der Waals surface area contributed by atoms with Crippen LogP contribution >= 0.6 is 11.8 Å². The Morgan fingerprint density at radius 1 is 0.889 bits per heavy atom. The second kappa shape index (κ2) is 10.3. The third-order valence-electron chi connectivity index (χ3n) is 3.17. The summed E-state index contributed by atoms with van der Waals surface area (Å²) in [6, 6.07) is 8.16. The summed E-state index contributed by atoms with van der Waals surface area (Å²) >= 11 is 1.89. The summed E-state index contributed by atoms with van der Waals surface area (Å²) in [5.74, 6) is 1.20. The Hall–Kier alpha value is -0.630. The Labute approximate surface area is 117 Å². The van der Waals surface area contributed by atoms with Crippen molar-refractivity contribution in [3.63, 3.8) is 0 Å². The van der Waals surface area contributed by atoms with E-state index in [4.69, 9.17) is 5.73 Å². The SMILES string of the molecule is CCCCCCCCCCSc1ccccc1N. The minimum Gasteiger partial charge on any atom is -0.398 e. The van der Waals surface area contributed by atoms with E-state index in [-0.39, 0.29) is 0 Å². The van der Waals surface area contributed by atoms with Crippen LogP contribution in [0.15, 0.2) is 29.2 Å². The standard InChI is InChI=1S/C16H27NS/c1-2-3-4-5-6-7-8-11-14-18-16-13-10-9-12-15(16)17/h9-10,12-13H,2-8,11,14,17H2,1H3. The van der Waals surface area contributed by atoms with E-state index < -0.39 is 0 Å². The van der Waals surface area contributed by atoms with Crippen LogP contribution in [0.2, 0.25) is 0 Å². The molecule has 0 bridgehead atoms. The molecule has 0 aromatic heterocycles. The number of rotatable bonds is 10. The van der Waals surface area contributed by atoms with E-state index in [1.807, 2.05) is 23.9 Å². The lowest BCUT2D eigenvalue weighted by molar-refractivity contribution is 0.586. The molecule has 0 unspecified atom stereocenters. The third kappa shape index (κ3) is 6.95. The predicted octanol–water partition coefficient (Wildman–Crippen LogP) is 5.50. The monoisotopic (exact) mass is 265 g/mol. The van der Waals surface area contributed by atoms with Crippen molar-refractivity contribution in [1.82, 2.24) is 0 Å². The van der Waals surface area contributed by atoms with Crippen LogP contribution in [-0.4, -0.2) is 5.75 Å². The van der Waals surface area contributed by atoms with Gasteiger partial charge in [0, 0.05) is 10.6 Å². The van der Waals surface area contributed by atoms with Gasteiger partial charge in [-0.3, -0.25) is 0 Å². The van der Waals surface area contributed by atoms with Gasteiger partial charge in [0.2, 0.25) is 0 Å². The van der Waals surface area contributed by atoms with E-state index in [0.717, 1.165) is 5.69 Å². The van der Waals surface area contributed by atoms with Crippen molar-refractivity contribution < 1.29 is 0 Å². The molecule has 2 heteroatoms. The zero-order valence-electron chi connectivity index (χ0n) is 11.7. The highest BCUT2D eigenvalue weighted by molar-refractivity contribution is 7.99. The molecular weight excluding hydrogens is 238 g/mol. The summed E-state index contributed by atoms with van der Waals surface area (Å²) in [5, 5.41) is 0. The molecule has 1 rings (SSSR count). The van der Waals surface area contributed by atoms with Crippen molar-refractivity contribution in [1.29, 1.82) is 0 Å².